The van der Waals surface area contributed by atoms with Gasteiger partial charge in [0.2, 0.25) is 0 Å². The molecule has 0 amide bonds. The molecule has 0 spiro atoms. The van der Waals surface area contributed by atoms with Crippen molar-refractivity contribution < 1.29 is 4.74 Å². The molecule has 152 valence electrons. The number of ether oxygens (including phenoxy) is 1. The van der Waals surface area contributed by atoms with E-state index in [0.717, 1.165) is 31.6 Å². The van der Waals surface area contributed by atoms with Crippen molar-refractivity contribution in [3.8, 4) is 5.75 Å². The summed E-state index contributed by atoms with van der Waals surface area (Å²) in [5.74, 6) is 2.00. The number of hydrogen-bond donors (Lipinski definition) is 1. The highest BCUT2D eigenvalue weighted by Gasteiger charge is 2.39. The summed E-state index contributed by atoms with van der Waals surface area (Å²) in [6.45, 7) is 2.95. The van der Waals surface area contributed by atoms with Crippen molar-refractivity contribution in [1.82, 2.24) is 0 Å². The van der Waals surface area contributed by atoms with Gasteiger partial charge in [-0.25, -0.2) is 0 Å². The van der Waals surface area contributed by atoms with Crippen molar-refractivity contribution in [3.63, 3.8) is 0 Å². The molecule has 3 unspecified atom stereocenters. The zero-order valence-corrected chi connectivity index (χ0v) is 17.6. The van der Waals surface area contributed by atoms with E-state index >= 15 is 0 Å². The summed E-state index contributed by atoms with van der Waals surface area (Å²) >= 11 is 0. The van der Waals surface area contributed by atoms with Gasteiger partial charge in [0.1, 0.15) is 5.75 Å². The minimum atomic E-state index is 0.313. The maximum atomic E-state index is 6.30. The van der Waals surface area contributed by atoms with E-state index in [4.69, 9.17) is 4.74 Å². The summed E-state index contributed by atoms with van der Waals surface area (Å²) in [6, 6.07) is 26.3. The number of hydrogen-bond acceptors (Lipinski definition) is 2. The van der Waals surface area contributed by atoms with Crippen LogP contribution in [0, 0.1) is 12.8 Å². The van der Waals surface area contributed by atoms with Gasteiger partial charge in [-0.15, -0.1) is 0 Å². The summed E-state index contributed by atoms with van der Waals surface area (Å²) in [5, 5.41) is 3.89. The van der Waals surface area contributed by atoms with E-state index in [-0.39, 0.29) is 0 Å². The molecule has 3 atom stereocenters. The molecule has 0 aromatic heterocycles. The van der Waals surface area contributed by atoms with Gasteiger partial charge in [-0.05, 0) is 60.4 Å². The molecule has 0 bridgehead atoms. The number of anilines is 1. The normalized spacial score (nSPS) is 21.6. The Morgan fingerprint density at radius 2 is 1.70 bits per heavy atom. The molecule has 1 aliphatic carbocycles. The Kier molecular flexibility index (Phi) is 5.31. The summed E-state index contributed by atoms with van der Waals surface area (Å²) in [7, 11) is 0. The topological polar surface area (TPSA) is 21.3 Å². The predicted octanol–water partition coefficient (Wildman–Crippen LogP) is 6.83. The SMILES string of the molecule is Cc1ccccc1C1Nc2c(OCCCc3ccccc3)cccc2C2C=CCC21. The maximum absolute atomic E-state index is 6.30. The third-order valence-electron chi connectivity index (χ3n) is 6.59. The zero-order chi connectivity index (χ0) is 20.3. The molecular weight excluding hydrogens is 366 g/mol. The Morgan fingerprint density at radius 3 is 2.57 bits per heavy atom. The molecule has 3 aromatic rings. The van der Waals surface area contributed by atoms with Crippen LogP contribution in [0.4, 0.5) is 5.69 Å². The molecule has 5 rings (SSSR count). The standard InChI is InChI=1S/C28H29NO/c1-20-10-5-6-14-22(20)27-24-16-7-15-23(24)25-17-8-18-26(28(25)29-27)30-19-9-13-21-11-3-2-4-12-21/h2-8,10-12,14-15,17-18,23-24,27,29H,9,13,16,19H2,1H3. The molecule has 0 fully saturated rings. The highest BCUT2D eigenvalue weighted by molar-refractivity contribution is 5.68. The molecule has 1 aliphatic heterocycles. The molecule has 2 aliphatic rings. The zero-order valence-electron chi connectivity index (χ0n) is 17.6. The maximum Gasteiger partial charge on any atom is 0.142 e. The van der Waals surface area contributed by atoms with Gasteiger partial charge in [-0.3, -0.25) is 0 Å². The average molecular weight is 396 g/mol. The van der Waals surface area contributed by atoms with Crippen molar-refractivity contribution >= 4 is 5.69 Å². The molecule has 2 heteroatoms. The number of rotatable bonds is 6. The van der Waals surface area contributed by atoms with Crippen LogP contribution in [0.3, 0.4) is 0 Å². The van der Waals surface area contributed by atoms with Crippen LogP contribution in [0.5, 0.6) is 5.75 Å². The minimum Gasteiger partial charge on any atom is -0.491 e. The van der Waals surface area contributed by atoms with E-state index in [2.05, 4.69) is 97.2 Å². The van der Waals surface area contributed by atoms with Crippen LogP contribution in [0.25, 0.3) is 0 Å². The fourth-order valence-electron chi connectivity index (χ4n) is 5.06. The molecule has 2 nitrogen and oxygen atoms in total. The Morgan fingerprint density at radius 1 is 0.900 bits per heavy atom. The van der Waals surface area contributed by atoms with Gasteiger partial charge in [0.15, 0.2) is 0 Å². The van der Waals surface area contributed by atoms with Gasteiger partial charge >= 0.3 is 0 Å². The smallest absolute Gasteiger partial charge is 0.142 e. The van der Waals surface area contributed by atoms with Crippen LogP contribution in [-0.2, 0) is 6.42 Å². The van der Waals surface area contributed by atoms with Gasteiger partial charge in [-0.1, -0.05) is 78.9 Å². The lowest BCUT2D eigenvalue weighted by Crippen LogP contribution is -2.30. The monoisotopic (exact) mass is 395 g/mol. The first-order chi connectivity index (χ1) is 14.8. The van der Waals surface area contributed by atoms with Gasteiger partial charge in [-0.2, -0.15) is 0 Å². The molecule has 1 heterocycles. The number of allylic oxidation sites excluding steroid dienone is 2. The van der Waals surface area contributed by atoms with E-state index in [1.165, 1.54) is 27.9 Å². The van der Waals surface area contributed by atoms with Crippen LogP contribution >= 0.6 is 0 Å². The average Bonchev–Trinajstić information content (AvgIpc) is 3.28. The van der Waals surface area contributed by atoms with Crippen LogP contribution in [0.1, 0.15) is 47.1 Å². The van der Waals surface area contributed by atoms with Crippen molar-refractivity contribution in [2.24, 2.45) is 5.92 Å². The fourth-order valence-corrected chi connectivity index (χ4v) is 5.06. The van der Waals surface area contributed by atoms with E-state index in [9.17, 15) is 0 Å². The largest absolute Gasteiger partial charge is 0.491 e. The molecule has 3 aromatic carbocycles. The molecule has 30 heavy (non-hydrogen) atoms. The van der Waals surface area contributed by atoms with E-state index in [0.29, 0.717) is 17.9 Å². The number of aryl methyl sites for hydroxylation is 2. The number of nitrogens with one attached hydrogen (secondary N) is 1. The highest BCUT2D eigenvalue weighted by atomic mass is 16.5. The summed E-state index contributed by atoms with van der Waals surface area (Å²) in [5.41, 5.74) is 6.68. The summed E-state index contributed by atoms with van der Waals surface area (Å²) < 4.78 is 6.30. The van der Waals surface area contributed by atoms with Crippen LogP contribution in [0.15, 0.2) is 84.9 Å². The Balaban J connectivity index is 1.37. The second-order valence-electron chi connectivity index (χ2n) is 8.49. The van der Waals surface area contributed by atoms with Crippen molar-refractivity contribution in [2.45, 2.75) is 38.1 Å². The lowest BCUT2D eigenvalue weighted by molar-refractivity contribution is 0.309. The Labute approximate surface area is 179 Å². The third-order valence-corrected chi connectivity index (χ3v) is 6.59. The molecule has 0 saturated carbocycles. The Bertz CT molecular complexity index is 1040. The predicted molar refractivity (Wildman–Crippen MR) is 124 cm³/mol. The van der Waals surface area contributed by atoms with Gasteiger partial charge < -0.3 is 10.1 Å². The van der Waals surface area contributed by atoms with E-state index in [1.54, 1.807) is 0 Å². The highest BCUT2D eigenvalue weighted by Crippen LogP contribution is 2.52. The lowest BCUT2D eigenvalue weighted by Gasteiger charge is -2.38. The van der Waals surface area contributed by atoms with Crippen molar-refractivity contribution in [1.29, 1.82) is 0 Å². The molecule has 0 radical (unpaired) electrons. The van der Waals surface area contributed by atoms with Crippen molar-refractivity contribution in [2.75, 3.05) is 11.9 Å². The molecular formula is C28H29NO. The van der Waals surface area contributed by atoms with E-state index < -0.39 is 0 Å². The van der Waals surface area contributed by atoms with Gasteiger partial charge in [0, 0.05) is 5.92 Å². The van der Waals surface area contributed by atoms with Crippen LogP contribution < -0.4 is 10.1 Å². The molecule has 0 saturated heterocycles. The second kappa shape index (κ2) is 8.39. The molecule has 1 N–H and O–H groups in total. The fraction of sp³-hybridized carbons (Fsp3) is 0.286. The minimum absolute atomic E-state index is 0.313. The number of benzene rings is 3. The first-order valence-corrected chi connectivity index (χ1v) is 11.1. The lowest BCUT2D eigenvalue weighted by atomic mass is 9.76. The quantitative estimate of drug-likeness (QED) is 0.365. The third kappa shape index (κ3) is 3.63. The first-order valence-electron chi connectivity index (χ1n) is 11.1. The van der Waals surface area contributed by atoms with Crippen LogP contribution in [0.2, 0.25) is 0 Å². The Hall–Kier alpha value is -3.00. The van der Waals surface area contributed by atoms with Crippen LogP contribution in [-0.4, -0.2) is 6.61 Å². The summed E-state index contributed by atoms with van der Waals surface area (Å²) in [4.78, 5) is 0. The van der Waals surface area contributed by atoms with E-state index in [1.807, 2.05) is 0 Å². The second-order valence-corrected chi connectivity index (χ2v) is 8.49. The first kappa shape index (κ1) is 19.0. The van der Waals surface area contributed by atoms with Gasteiger partial charge in [0.25, 0.3) is 0 Å². The van der Waals surface area contributed by atoms with Gasteiger partial charge in [0.05, 0.1) is 18.3 Å². The number of para-hydroxylation sites is 1. The summed E-state index contributed by atoms with van der Waals surface area (Å²) in [6.07, 6.45) is 7.93. The van der Waals surface area contributed by atoms with Crippen molar-refractivity contribution in [3.05, 3.63) is 107 Å². The number of fused-ring (bicyclic) bond motifs is 3.